The van der Waals surface area contributed by atoms with Gasteiger partial charge in [0.2, 0.25) is 0 Å². The Bertz CT molecular complexity index is 331. The third-order valence-electron chi connectivity index (χ3n) is 3.43. The monoisotopic (exact) mass is 224 g/mol. The smallest absolute Gasteiger partial charge is 0.0515 e. The number of nitrogens with one attached hydrogen (secondary N) is 2. The van der Waals surface area contributed by atoms with Crippen molar-refractivity contribution in [3.63, 3.8) is 0 Å². The topological polar surface area (TPSA) is 24.1 Å². The van der Waals surface area contributed by atoms with Crippen molar-refractivity contribution in [2.75, 3.05) is 6.54 Å². The number of fused-ring (bicyclic) bond motifs is 2. The van der Waals surface area contributed by atoms with E-state index in [4.69, 9.17) is 0 Å². The van der Waals surface area contributed by atoms with Crippen molar-refractivity contribution in [1.29, 1.82) is 0 Å². The minimum atomic E-state index is 0. The molecule has 3 rings (SSSR count). The molecule has 2 heterocycles. The van der Waals surface area contributed by atoms with Crippen molar-refractivity contribution in [1.82, 2.24) is 10.6 Å². The van der Waals surface area contributed by atoms with E-state index in [0.29, 0.717) is 6.04 Å². The molecule has 0 amide bonds. The second-order valence-corrected chi connectivity index (χ2v) is 4.35. The second-order valence-electron chi connectivity index (χ2n) is 4.35. The number of piperidine rings is 1. The molecule has 3 heteroatoms. The standard InChI is InChI=1S/C12H16N2.ClH/c1-3-9-7-12-10(4-2-6-14-12)8-11(9)13-5-1;/h1,3,5,7,10-11,13-14H,2,4,6,8H2;1H. The van der Waals surface area contributed by atoms with Gasteiger partial charge in [0.25, 0.3) is 0 Å². The summed E-state index contributed by atoms with van der Waals surface area (Å²) in [6.07, 6.45) is 12.6. The molecular weight excluding hydrogens is 208 g/mol. The van der Waals surface area contributed by atoms with Gasteiger partial charge in [-0.15, -0.1) is 12.4 Å². The van der Waals surface area contributed by atoms with Crippen LogP contribution in [0.2, 0.25) is 0 Å². The minimum Gasteiger partial charge on any atom is -0.388 e. The van der Waals surface area contributed by atoms with Crippen LogP contribution in [-0.4, -0.2) is 12.6 Å². The summed E-state index contributed by atoms with van der Waals surface area (Å²) in [6, 6.07) is 0.564. The third-order valence-corrected chi connectivity index (χ3v) is 3.43. The lowest BCUT2D eigenvalue weighted by atomic mass is 9.80. The van der Waals surface area contributed by atoms with E-state index < -0.39 is 0 Å². The number of allylic oxidation sites excluding steroid dienone is 3. The number of hydrogen-bond donors (Lipinski definition) is 2. The van der Waals surface area contributed by atoms with Crippen molar-refractivity contribution in [3.05, 3.63) is 35.7 Å². The molecular formula is C12H17ClN2. The van der Waals surface area contributed by atoms with Crippen LogP contribution in [0.15, 0.2) is 35.7 Å². The summed E-state index contributed by atoms with van der Waals surface area (Å²) in [6.45, 7) is 1.16. The summed E-state index contributed by atoms with van der Waals surface area (Å²) >= 11 is 0. The molecule has 15 heavy (non-hydrogen) atoms. The molecule has 1 saturated heterocycles. The van der Waals surface area contributed by atoms with E-state index in [1.54, 1.807) is 0 Å². The molecule has 0 bridgehead atoms. The molecule has 2 atom stereocenters. The van der Waals surface area contributed by atoms with E-state index in [-0.39, 0.29) is 12.4 Å². The SMILES string of the molecule is C1=CNC2CC3CCCNC3=CC2=C1.Cl. The highest BCUT2D eigenvalue weighted by atomic mass is 35.5. The van der Waals surface area contributed by atoms with Gasteiger partial charge in [-0.25, -0.2) is 0 Å². The average Bonchev–Trinajstić information content (AvgIpc) is 2.26. The number of halogens is 1. The Kier molecular flexibility index (Phi) is 3.06. The molecule has 1 fully saturated rings. The van der Waals surface area contributed by atoms with Crippen LogP contribution in [0.5, 0.6) is 0 Å². The van der Waals surface area contributed by atoms with Gasteiger partial charge >= 0.3 is 0 Å². The molecule has 1 aliphatic carbocycles. The van der Waals surface area contributed by atoms with Crippen LogP contribution < -0.4 is 10.6 Å². The quantitative estimate of drug-likeness (QED) is 0.659. The Morgan fingerprint density at radius 2 is 2.27 bits per heavy atom. The highest BCUT2D eigenvalue weighted by Crippen LogP contribution is 2.33. The van der Waals surface area contributed by atoms with Crippen molar-refractivity contribution in [2.45, 2.75) is 25.3 Å². The Morgan fingerprint density at radius 3 is 3.20 bits per heavy atom. The van der Waals surface area contributed by atoms with E-state index in [9.17, 15) is 0 Å². The van der Waals surface area contributed by atoms with E-state index >= 15 is 0 Å². The van der Waals surface area contributed by atoms with Gasteiger partial charge in [0, 0.05) is 18.2 Å². The van der Waals surface area contributed by atoms with E-state index in [2.05, 4.69) is 35.1 Å². The first-order valence-corrected chi connectivity index (χ1v) is 5.52. The fourth-order valence-corrected chi connectivity index (χ4v) is 2.65. The lowest BCUT2D eigenvalue weighted by molar-refractivity contribution is 0.376. The maximum atomic E-state index is 3.52. The number of dihydropyridines is 1. The normalized spacial score (nSPS) is 32.0. The Morgan fingerprint density at radius 1 is 1.33 bits per heavy atom. The molecule has 0 radical (unpaired) electrons. The van der Waals surface area contributed by atoms with Crippen LogP contribution in [0.25, 0.3) is 0 Å². The lowest BCUT2D eigenvalue weighted by Crippen LogP contribution is -2.39. The fourth-order valence-electron chi connectivity index (χ4n) is 2.65. The molecule has 2 unspecified atom stereocenters. The fraction of sp³-hybridized carbons (Fsp3) is 0.500. The number of rotatable bonds is 0. The summed E-state index contributed by atoms with van der Waals surface area (Å²) < 4.78 is 0. The van der Waals surface area contributed by atoms with Gasteiger partial charge in [-0.3, -0.25) is 0 Å². The van der Waals surface area contributed by atoms with Crippen molar-refractivity contribution >= 4 is 12.4 Å². The first-order valence-electron chi connectivity index (χ1n) is 5.52. The molecule has 2 nitrogen and oxygen atoms in total. The Hall–Kier alpha value is -0.890. The largest absolute Gasteiger partial charge is 0.388 e. The van der Waals surface area contributed by atoms with E-state index in [1.165, 1.54) is 30.5 Å². The van der Waals surface area contributed by atoms with Crippen molar-refractivity contribution < 1.29 is 0 Å². The summed E-state index contributed by atoms with van der Waals surface area (Å²) in [5.41, 5.74) is 2.91. The van der Waals surface area contributed by atoms with Gasteiger partial charge in [-0.05, 0) is 43.2 Å². The molecule has 0 spiro atoms. The Labute approximate surface area is 96.9 Å². The zero-order valence-electron chi connectivity index (χ0n) is 8.70. The van der Waals surface area contributed by atoms with E-state index in [1.807, 2.05) is 0 Å². The zero-order valence-corrected chi connectivity index (χ0v) is 9.52. The summed E-state index contributed by atoms with van der Waals surface area (Å²) in [4.78, 5) is 0. The molecule has 0 saturated carbocycles. The summed E-state index contributed by atoms with van der Waals surface area (Å²) in [5, 5.41) is 6.96. The van der Waals surface area contributed by atoms with Gasteiger partial charge in [0.15, 0.2) is 0 Å². The van der Waals surface area contributed by atoms with Crippen LogP contribution >= 0.6 is 12.4 Å². The predicted octanol–water partition coefficient (Wildman–Crippen LogP) is 2.11. The molecule has 3 aliphatic rings. The minimum absolute atomic E-state index is 0. The molecule has 2 N–H and O–H groups in total. The van der Waals surface area contributed by atoms with Gasteiger partial charge in [-0.2, -0.15) is 0 Å². The number of hydrogen-bond acceptors (Lipinski definition) is 2. The van der Waals surface area contributed by atoms with Crippen LogP contribution in [-0.2, 0) is 0 Å². The van der Waals surface area contributed by atoms with Crippen LogP contribution in [0, 0.1) is 5.92 Å². The van der Waals surface area contributed by atoms with Gasteiger partial charge in [0.1, 0.15) is 0 Å². The van der Waals surface area contributed by atoms with Crippen molar-refractivity contribution in [3.8, 4) is 0 Å². The predicted molar refractivity (Wildman–Crippen MR) is 64.8 cm³/mol. The molecule has 0 aromatic rings. The molecule has 0 aromatic carbocycles. The van der Waals surface area contributed by atoms with Crippen LogP contribution in [0.3, 0.4) is 0 Å². The summed E-state index contributed by atoms with van der Waals surface area (Å²) in [7, 11) is 0. The second kappa shape index (κ2) is 4.31. The van der Waals surface area contributed by atoms with Crippen LogP contribution in [0.4, 0.5) is 0 Å². The Balaban J connectivity index is 0.000000853. The maximum Gasteiger partial charge on any atom is 0.0515 e. The first kappa shape index (κ1) is 10.6. The van der Waals surface area contributed by atoms with Crippen LogP contribution in [0.1, 0.15) is 19.3 Å². The molecule has 2 aliphatic heterocycles. The summed E-state index contributed by atoms with van der Waals surface area (Å²) in [5.74, 6) is 0.768. The highest BCUT2D eigenvalue weighted by Gasteiger charge is 2.28. The zero-order chi connectivity index (χ0) is 9.38. The molecule has 82 valence electrons. The van der Waals surface area contributed by atoms with Gasteiger partial charge in [0.05, 0.1) is 6.04 Å². The van der Waals surface area contributed by atoms with Gasteiger partial charge in [-0.1, -0.05) is 6.08 Å². The van der Waals surface area contributed by atoms with E-state index in [0.717, 1.165) is 12.5 Å². The maximum absolute atomic E-state index is 3.52. The third kappa shape index (κ3) is 1.91. The first-order chi connectivity index (χ1) is 6.93. The van der Waals surface area contributed by atoms with Gasteiger partial charge < -0.3 is 10.6 Å². The lowest BCUT2D eigenvalue weighted by Gasteiger charge is -2.36. The van der Waals surface area contributed by atoms with Crippen molar-refractivity contribution in [2.24, 2.45) is 5.92 Å². The highest BCUT2D eigenvalue weighted by molar-refractivity contribution is 5.85. The molecule has 0 aromatic heterocycles. The average molecular weight is 225 g/mol.